The molecule has 2 rings (SSSR count). The van der Waals surface area contributed by atoms with Gasteiger partial charge in [0.05, 0.1) is 20.1 Å². The van der Waals surface area contributed by atoms with E-state index in [1.54, 1.807) is 42.5 Å². The van der Waals surface area contributed by atoms with Crippen molar-refractivity contribution in [3.63, 3.8) is 0 Å². The number of halogens is 1. The van der Waals surface area contributed by atoms with E-state index in [2.05, 4.69) is 19.2 Å². The molecule has 1 unspecified atom stereocenters. The van der Waals surface area contributed by atoms with E-state index in [9.17, 15) is 9.59 Å². The number of rotatable bonds is 10. The summed E-state index contributed by atoms with van der Waals surface area (Å²) in [6.45, 7) is 4.95. The second kappa shape index (κ2) is 11.5. The quantitative estimate of drug-likeness (QED) is 0.567. The highest BCUT2D eigenvalue weighted by Crippen LogP contribution is 2.20. The molecule has 6 heteroatoms. The molecule has 1 N–H and O–H groups in total. The van der Waals surface area contributed by atoms with E-state index in [1.165, 1.54) is 7.11 Å². The van der Waals surface area contributed by atoms with Gasteiger partial charge in [-0.1, -0.05) is 56.1 Å². The van der Waals surface area contributed by atoms with Crippen LogP contribution in [0, 0.1) is 5.92 Å². The van der Waals surface area contributed by atoms with Crippen molar-refractivity contribution in [1.29, 1.82) is 0 Å². The second-order valence-corrected chi connectivity index (χ2v) is 7.54. The summed E-state index contributed by atoms with van der Waals surface area (Å²) in [6, 6.07) is 13.3. The molecule has 0 fully saturated rings. The first-order chi connectivity index (χ1) is 13.9. The number of ether oxygens (including phenoxy) is 2. The fraction of sp³-hybridized carbons (Fsp3) is 0.391. The molecule has 0 aliphatic carbocycles. The minimum absolute atomic E-state index is 0.116. The Morgan fingerprint density at radius 2 is 1.86 bits per heavy atom. The summed E-state index contributed by atoms with van der Waals surface area (Å²) in [4.78, 5) is 24.7. The zero-order valence-electron chi connectivity index (χ0n) is 17.1. The van der Waals surface area contributed by atoms with Gasteiger partial charge in [-0.15, -0.1) is 0 Å². The minimum atomic E-state index is -0.889. The molecule has 0 spiro atoms. The van der Waals surface area contributed by atoms with Gasteiger partial charge in [0.2, 0.25) is 5.91 Å². The van der Waals surface area contributed by atoms with Crippen LogP contribution >= 0.6 is 11.6 Å². The van der Waals surface area contributed by atoms with Crippen LogP contribution in [0.2, 0.25) is 5.02 Å². The number of methoxy groups -OCH3 is 1. The number of esters is 1. The first-order valence-electron chi connectivity index (χ1n) is 9.77. The van der Waals surface area contributed by atoms with E-state index in [1.807, 2.05) is 6.07 Å². The second-order valence-electron chi connectivity index (χ2n) is 7.10. The van der Waals surface area contributed by atoms with Gasteiger partial charge in [0.15, 0.2) is 6.04 Å². The molecule has 0 saturated carbocycles. The summed E-state index contributed by atoms with van der Waals surface area (Å²) < 4.78 is 10.7. The zero-order valence-corrected chi connectivity index (χ0v) is 17.9. The van der Waals surface area contributed by atoms with Crippen LogP contribution in [0.3, 0.4) is 0 Å². The predicted octanol–water partition coefficient (Wildman–Crippen LogP) is 4.73. The molecular weight excluding hydrogens is 390 g/mol. The lowest BCUT2D eigenvalue weighted by Gasteiger charge is -2.18. The van der Waals surface area contributed by atoms with E-state index in [4.69, 9.17) is 21.1 Å². The Kier molecular flexibility index (Phi) is 9.00. The highest BCUT2D eigenvalue weighted by molar-refractivity contribution is 6.30. The van der Waals surface area contributed by atoms with Gasteiger partial charge < -0.3 is 14.8 Å². The van der Waals surface area contributed by atoms with Crippen LogP contribution in [0.4, 0.5) is 0 Å². The number of carbonyl (C=O) groups is 2. The molecule has 156 valence electrons. The average molecular weight is 418 g/mol. The Balaban J connectivity index is 2.03. The monoisotopic (exact) mass is 417 g/mol. The Morgan fingerprint density at radius 1 is 1.14 bits per heavy atom. The Labute approximate surface area is 177 Å². The van der Waals surface area contributed by atoms with Crippen LogP contribution in [-0.4, -0.2) is 25.6 Å². The van der Waals surface area contributed by atoms with Gasteiger partial charge in [0.1, 0.15) is 5.75 Å². The highest BCUT2D eigenvalue weighted by Gasteiger charge is 2.23. The Hall–Kier alpha value is -2.53. The number of amides is 1. The lowest BCUT2D eigenvalue weighted by Crippen LogP contribution is -2.35. The van der Waals surface area contributed by atoms with E-state index in [0.29, 0.717) is 23.1 Å². The smallest absolute Gasteiger partial charge is 0.333 e. The lowest BCUT2D eigenvalue weighted by atomic mass is 10.1. The molecule has 0 radical (unpaired) electrons. The van der Waals surface area contributed by atoms with E-state index < -0.39 is 12.0 Å². The normalized spacial score (nSPS) is 12.7. The number of carbonyl (C=O) groups excluding carboxylic acids is 2. The van der Waals surface area contributed by atoms with E-state index >= 15 is 0 Å². The van der Waals surface area contributed by atoms with Gasteiger partial charge in [0.25, 0.3) is 0 Å². The standard InChI is InChI=1S/C23H28ClNO4/c1-4-6-16(2)15-29-20-11-9-18(10-12-20)22(23(27)28-3)25-21(26)14-17-7-5-8-19(24)13-17/h5,7-13,16,22H,4,6,14-15H2,1-3H3,(H,25,26)/t16?,22-/m1/s1. The Morgan fingerprint density at radius 3 is 2.48 bits per heavy atom. The third-order valence-corrected chi connectivity index (χ3v) is 4.76. The molecule has 29 heavy (non-hydrogen) atoms. The summed E-state index contributed by atoms with van der Waals surface area (Å²) in [5.41, 5.74) is 1.40. The maximum atomic E-state index is 12.4. The molecule has 2 aromatic rings. The molecule has 1 amide bonds. The molecule has 0 saturated heterocycles. The lowest BCUT2D eigenvalue weighted by molar-refractivity contribution is -0.145. The summed E-state index contributed by atoms with van der Waals surface area (Å²) in [5.74, 6) is 0.380. The maximum Gasteiger partial charge on any atom is 0.333 e. The molecule has 0 heterocycles. The zero-order chi connectivity index (χ0) is 21.2. The van der Waals surface area contributed by atoms with Gasteiger partial charge in [-0.05, 0) is 47.7 Å². The largest absolute Gasteiger partial charge is 0.493 e. The summed E-state index contributed by atoms with van der Waals surface area (Å²) in [7, 11) is 1.30. The van der Waals surface area contributed by atoms with E-state index in [0.717, 1.165) is 24.2 Å². The maximum absolute atomic E-state index is 12.4. The first-order valence-corrected chi connectivity index (χ1v) is 10.1. The molecule has 0 aromatic heterocycles. The molecule has 5 nitrogen and oxygen atoms in total. The first kappa shape index (κ1) is 22.8. The summed E-state index contributed by atoms with van der Waals surface area (Å²) in [6.07, 6.45) is 2.35. The van der Waals surface area contributed by atoms with Crippen molar-refractivity contribution in [2.75, 3.05) is 13.7 Å². The van der Waals surface area contributed by atoms with Crippen LogP contribution in [-0.2, 0) is 20.7 Å². The van der Waals surface area contributed by atoms with Crippen molar-refractivity contribution < 1.29 is 19.1 Å². The number of benzene rings is 2. The molecule has 0 bridgehead atoms. The molecule has 2 atom stereocenters. The summed E-state index contributed by atoms with van der Waals surface area (Å²) >= 11 is 5.96. The fourth-order valence-corrected chi connectivity index (χ4v) is 3.22. The number of hydrogen-bond donors (Lipinski definition) is 1. The number of nitrogens with one attached hydrogen (secondary N) is 1. The van der Waals surface area contributed by atoms with Crippen LogP contribution in [0.15, 0.2) is 48.5 Å². The minimum Gasteiger partial charge on any atom is -0.493 e. The number of hydrogen-bond acceptors (Lipinski definition) is 4. The molecule has 2 aromatic carbocycles. The van der Waals surface area contributed by atoms with Gasteiger partial charge in [-0.25, -0.2) is 4.79 Å². The van der Waals surface area contributed by atoms with Crippen LogP contribution in [0.1, 0.15) is 43.9 Å². The van der Waals surface area contributed by atoms with Gasteiger partial charge in [-0.3, -0.25) is 4.79 Å². The molecule has 0 aliphatic heterocycles. The van der Waals surface area contributed by atoms with Crippen molar-refractivity contribution in [3.05, 3.63) is 64.7 Å². The predicted molar refractivity (Wildman–Crippen MR) is 114 cm³/mol. The molecular formula is C23H28ClNO4. The molecule has 0 aliphatic rings. The van der Waals surface area contributed by atoms with Crippen LogP contribution in [0.25, 0.3) is 0 Å². The van der Waals surface area contributed by atoms with Crippen molar-refractivity contribution in [3.8, 4) is 5.75 Å². The van der Waals surface area contributed by atoms with Crippen molar-refractivity contribution in [2.24, 2.45) is 5.92 Å². The van der Waals surface area contributed by atoms with Gasteiger partial charge >= 0.3 is 5.97 Å². The van der Waals surface area contributed by atoms with Gasteiger partial charge in [0, 0.05) is 5.02 Å². The summed E-state index contributed by atoms with van der Waals surface area (Å²) in [5, 5.41) is 3.30. The van der Waals surface area contributed by atoms with Crippen LogP contribution < -0.4 is 10.1 Å². The van der Waals surface area contributed by atoms with Crippen molar-refractivity contribution in [1.82, 2.24) is 5.32 Å². The van der Waals surface area contributed by atoms with Crippen molar-refractivity contribution in [2.45, 2.75) is 39.2 Å². The highest BCUT2D eigenvalue weighted by atomic mass is 35.5. The third-order valence-electron chi connectivity index (χ3n) is 4.53. The van der Waals surface area contributed by atoms with Crippen LogP contribution in [0.5, 0.6) is 5.75 Å². The van der Waals surface area contributed by atoms with Crippen molar-refractivity contribution >= 4 is 23.5 Å². The van der Waals surface area contributed by atoms with Gasteiger partial charge in [-0.2, -0.15) is 0 Å². The SMILES string of the molecule is CCCC(C)COc1ccc([C@@H](NC(=O)Cc2cccc(Cl)c2)C(=O)OC)cc1. The Bertz CT molecular complexity index is 807. The average Bonchev–Trinajstić information content (AvgIpc) is 2.70. The fourth-order valence-electron chi connectivity index (χ4n) is 3.01. The third kappa shape index (κ3) is 7.42. The van der Waals surface area contributed by atoms with E-state index in [-0.39, 0.29) is 12.3 Å². The topological polar surface area (TPSA) is 64.6 Å².